The van der Waals surface area contributed by atoms with Gasteiger partial charge >= 0.3 is 5.97 Å². The predicted molar refractivity (Wildman–Crippen MR) is 91.1 cm³/mol. The van der Waals surface area contributed by atoms with Crippen LogP contribution in [0.4, 0.5) is 4.79 Å². The molecule has 3 rings (SSSR count). The first-order valence-electron chi connectivity index (χ1n) is 7.84. The van der Waals surface area contributed by atoms with Crippen LogP contribution in [0.25, 0.3) is 5.65 Å². The number of morpholine rings is 1. The number of ether oxygens (including phenoxy) is 2. The van der Waals surface area contributed by atoms with E-state index in [1.54, 1.807) is 24.0 Å². The topological polar surface area (TPSA) is 90.2 Å². The van der Waals surface area contributed by atoms with Gasteiger partial charge < -0.3 is 14.4 Å². The number of hydrogen-bond donors (Lipinski definition) is 0. The number of thioether (sulfide) groups is 1. The molecule has 2 aromatic heterocycles. The summed E-state index contributed by atoms with van der Waals surface area (Å²) in [6.07, 6.45) is 2.70. The highest BCUT2D eigenvalue weighted by molar-refractivity contribution is 8.13. The van der Waals surface area contributed by atoms with Crippen LogP contribution in [0.1, 0.15) is 17.3 Å². The molecule has 1 amide bonds. The summed E-state index contributed by atoms with van der Waals surface area (Å²) in [5.41, 5.74) is -0.335. The fourth-order valence-corrected chi connectivity index (χ4v) is 3.30. The summed E-state index contributed by atoms with van der Waals surface area (Å²) in [6.45, 7) is 3.94. The van der Waals surface area contributed by atoms with Crippen molar-refractivity contribution >= 4 is 28.6 Å². The lowest BCUT2D eigenvalue weighted by Crippen LogP contribution is -2.38. The molecule has 1 aliphatic heterocycles. The first-order valence-corrected chi connectivity index (χ1v) is 8.65. The summed E-state index contributed by atoms with van der Waals surface area (Å²) in [5.74, 6) is -0.711. The summed E-state index contributed by atoms with van der Waals surface area (Å²) in [4.78, 5) is 43.1. The van der Waals surface area contributed by atoms with E-state index in [2.05, 4.69) is 4.98 Å². The molecule has 0 aromatic carbocycles. The SMILES string of the molecule is CCOC(=O)c1cnc2c(SC(=O)N3CCOCC3)cccn2c1=O. The maximum Gasteiger partial charge on any atom is 0.345 e. The smallest absolute Gasteiger partial charge is 0.345 e. The van der Waals surface area contributed by atoms with E-state index in [9.17, 15) is 14.4 Å². The zero-order valence-electron chi connectivity index (χ0n) is 13.6. The number of amides is 1. The Morgan fingerprint density at radius 3 is 2.84 bits per heavy atom. The van der Waals surface area contributed by atoms with E-state index >= 15 is 0 Å². The summed E-state index contributed by atoms with van der Waals surface area (Å²) in [6, 6.07) is 3.36. The molecule has 9 heteroatoms. The van der Waals surface area contributed by atoms with E-state index in [-0.39, 0.29) is 17.4 Å². The molecule has 0 unspecified atom stereocenters. The third-order valence-corrected chi connectivity index (χ3v) is 4.63. The third kappa shape index (κ3) is 3.67. The number of esters is 1. The van der Waals surface area contributed by atoms with Crippen molar-refractivity contribution in [3.8, 4) is 0 Å². The average Bonchev–Trinajstić information content (AvgIpc) is 2.63. The number of carbonyl (C=O) groups is 2. The number of fused-ring (bicyclic) bond motifs is 1. The first kappa shape index (κ1) is 17.4. The molecule has 3 heterocycles. The molecule has 0 atom stereocenters. The van der Waals surface area contributed by atoms with Crippen LogP contribution in [0.3, 0.4) is 0 Å². The van der Waals surface area contributed by atoms with Gasteiger partial charge in [0.15, 0.2) is 5.65 Å². The second kappa shape index (κ2) is 7.66. The zero-order valence-corrected chi connectivity index (χ0v) is 14.5. The molecule has 0 N–H and O–H groups in total. The van der Waals surface area contributed by atoms with Crippen LogP contribution in [0, 0.1) is 0 Å². The summed E-state index contributed by atoms with van der Waals surface area (Å²) in [7, 11) is 0. The molecule has 25 heavy (non-hydrogen) atoms. The fourth-order valence-electron chi connectivity index (χ4n) is 2.41. The van der Waals surface area contributed by atoms with Crippen molar-refractivity contribution in [1.82, 2.24) is 14.3 Å². The van der Waals surface area contributed by atoms with Gasteiger partial charge in [0.1, 0.15) is 5.56 Å². The van der Waals surface area contributed by atoms with E-state index in [1.165, 1.54) is 16.8 Å². The van der Waals surface area contributed by atoms with Gasteiger partial charge in [0, 0.05) is 25.5 Å². The second-order valence-corrected chi connectivity index (χ2v) is 6.22. The molecule has 132 valence electrons. The van der Waals surface area contributed by atoms with Gasteiger partial charge in [0.05, 0.1) is 24.7 Å². The summed E-state index contributed by atoms with van der Waals surface area (Å²) < 4.78 is 11.3. The predicted octanol–water partition coefficient (Wildman–Crippen LogP) is 1.42. The molecule has 0 bridgehead atoms. The lowest BCUT2D eigenvalue weighted by molar-refractivity contribution is 0.0523. The number of carbonyl (C=O) groups excluding carboxylic acids is 2. The molecule has 0 radical (unpaired) electrons. The van der Waals surface area contributed by atoms with Crippen molar-refractivity contribution in [1.29, 1.82) is 0 Å². The Bertz CT molecular complexity index is 860. The standard InChI is InChI=1S/C16H17N3O5S/c1-2-24-15(21)11-10-17-13-12(4-3-5-19(13)14(11)20)25-16(22)18-6-8-23-9-7-18/h3-5,10H,2,6-9H2,1H3. The lowest BCUT2D eigenvalue weighted by Gasteiger charge is -2.26. The molecule has 0 saturated carbocycles. The molecule has 0 aliphatic carbocycles. The highest BCUT2D eigenvalue weighted by Gasteiger charge is 2.20. The minimum Gasteiger partial charge on any atom is -0.462 e. The normalized spacial score (nSPS) is 14.5. The Labute approximate surface area is 147 Å². The Balaban J connectivity index is 1.92. The fraction of sp³-hybridized carbons (Fsp3) is 0.375. The van der Waals surface area contributed by atoms with E-state index in [0.717, 1.165) is 11.8 Å². The van der Waals surface area contributed by atoms with Crippen LogP contribution in [-0.4, -0.2) is 58.4 Å². The van der Waals surface area contributed by atoms with Crippen molar-refractivity contribution < 1.29 is 19.1 Å². The van der Waals surface area contributed by atoms with Gasteiger partial charge in [-0.2, -0.15) is 0 Å². The highest BCUT2D eigenvalue weighted by Crippen LogP contribution is 2.25. The van der Waals surface area contributed by atoms with Crippen molar-refractivity contribution in [2.24, 2.45) is 0 Å². The average molecular weight is 363 g/mol. The van der Waals surface area contributed by atoms with Gasteiger partial charge in [0.2, 0.25) is 0 Å². The monoisotopic (exact) mass is 363 g/mol. The van der Waals surface area contributed by atoms with Crippen molar-refractivity contribution in [3.05, 3.63) is 40.4 Å². The molecule has 0 spiro atoms. The summed E-state index contributed by atoms with van der Waals surface area (Å²) >= 11 is 1.01. The van der Waals surface area contributed by atoms with Crippen LogP contribution < -0.4 is 5.56 Å². The minimum absolute atomic E-state index is 0.125. The maximum absolute atomic E-state index is 12.5. The van der Waals surface area contributed by atoms with Gasteiger partial charge in [-0.25, -0.2) is 9.78 Å². The Kier molecular flexibility index (Phi) is 5.34. The van der Waals surface area contributed by atoms with Crippen molar-refractivity contribution in [2.75, 3.05) is 32.9 Å². The summed E-state index contributed by atoms with van der Waals surface area (Å²) in [5, 5.41) is -0.125. The molecule has 8 nitrogen and oxygen atoms in total. The zero-order chi connectivity index (χ0) is 17.8. The van der Waals surface area contributed by atoms with Crippen molar-refractivity contribution in [3.63, 3.8) is 0 Å². The first-order chi connectivity index (χ1) is 12.1. The van der Waals surface area contributed by atoms with Gasteiger partial charge in [-0.15, -0.1) is 0 Å². The Morgan fingerprint density at radius 1 is 1.36 bits per heavy atom. The van der Waals surface area contributed by atoms with Crippen LogP contribution in [0.5, 0.6) is 0 Å². The highest BCUT2D eigenvalue weighted by atomic mass is 32.2. The molecule has 2 aromatic rings. The van der Waals surface area contributed by atoms with E-state index in [4.69, 9.17) is 9.47 Å². The Hall–Kier alpha value is -2.39. The lowest BCUT2D eigenvalue weighted by atomic mass is 10.3. The molecule has 1 saturated heterocycles. The minimum atomic E-state index is -0.711. The van der Waals surface area contributed by atoms with E-state index < -0.39 is 11.5 Å². The van der Waals surface area contributed by atoms with Crippen LogP contribution in [0.2, 0.25) is 0 Å². The van der Waals surface area contributed by atoms with E-state index in [1.807, 2.05) is 0 Å². The van der Waals surface area contributed by atoms with Gasteiger partial charge in [-0.3, -0.25) is 14.0 Å². The van der Waals surface area contributed by atoms with Gasteiger partial charge in [0.25, 0.3) is 10.8 Å². The van der Waals surface area contributed by atoms with Crippen LogP contribution in [-0.2, 0) is 9.47 Å². The number of rotatable bonds is 3. The van der Waals surface area contributed by atoms with Crippen LogP contribution in [0.15, 0.2) is 34.2 Å². The number of pyridine rings is 1. The Morgan fingerprint density at radius 2 is 2.12 bits per heavy atom. The quantitative estimate of drug-likeness (QED) is 0.602. The maximum atomic E-state index is 12.5. The van der Waals surface area contributed by atoms with Crippen molar-refractivity contribution in [2.45, 2.75) is 11.8 Å². The molecular formula is C16H17N3O5S. The molecular weight excluding hydrogens is 346 g/mol. The van der Waals surface area contributed by atoms with Gasteiger partial charge in [-0.1, -0.05) is 0 Å². The van der Waals surface area contributed by atoms with E-state index in [0.29, 0.717) is 36.8 Å². The number of hydrogen-bond acceptors (Lipinski definition) is 7. The number of aromatic nitrogens is 2. The second-order valence-electron chi connectivity index (χ2n) is 5.23. The molecule has 1 fully saturated rings. The largest absolute Gasteiger partial charge is 0.462 e. The third-order valence-electron chi connectivity index (χ3n) is 3.66. The number of nitrogens with zero attached hydrogens (tertiary/aromatic N) is 3. The molecule has 1 aliphatic rings. The van der Waals surface area contributed by atoms with Crippen LogP contribution >= 0.6 is 11.8 Å². The van der Waals surface area contributed by atoms with Gasteiger partial charge in [-0.05, 0) is 30.8 Å².